The number of rotatable bonds is 7. The normalized spacial score (nSPS) is 18.0. The van der Waals surface area contributed by atoms with Gasteiger partial charge in [0.2, 0.25) is 0 Å². The van der Waals surface area contributed by atoms with Crippen LogP contribution in [0.3, 0.4) is 0 Å². The van der Waals surface area contributed by atoms with Gasteiger partial charge in [-0.2, -0.15) is 0 Å². The lowest BCUT2D eigenvalue weighted by Gasteiger charge is -2.40. The van der Waals surface area contributed by atoms with Gasteiger partial charge in [0.1, 0.15) is 23.4 Å². The number of hydrogen-bond donors (Lipinski definition) is 1. The number of piperidine rings is 1. The molecule has 162 valence electrons. The minimum Gasteiger partial charge on any atom is -0.496 e. The average Bonchev–Trinajstić information content (AvgIpc) is 2.75. The van der Waals surface area contributed by atoms with Gasteiger partial charge in [0.25, 0.3) is 0 Å². The highest BCUT2D eigenvalue weighted by Gasteiger charge is 2.38. The Bertz CT molecular complexity index is 921. The minimum atomic E-state index is -0.985. The lowest BCUT2D eigenvalue weighted by Crippen LogP contribution is -2.47. The standard InChI is InChI=1S/C22H25F2NO5/c1-28-18-12-20(30-3)19(29-2)11-15(18)21(14-8-7-13(23)10-16(14)24)25-9-5-4-6-17(25)22(26)27/h7-8,10-12,17,21H,4-6,9H2,1-3H3,(H,26,27). The molecule has 3 rings (SSSR count). The molecular formula is C22H25F2NO5. The average molecular weight is 421 g/mol. The molecule has 1 heterocycles. The van der Waals surface area contributed by atoms with Crippen LogP contribution in [-0.2, 0) is 4.79 Å². The number of hydrogen-bond acceptors (Lipinski definition) is 5. The second-order valence-electron chi connectivity index (χ2n) is 7.11. The first-order valence-electron chi connectivity index (χ1n) is 9.64. The number of ether oxygens (including phenoxy) is 3. The summed E-state index contributed by atoms with van der Waals surface area (Å²) in [7, 11) is 4.43. The molecule has 8 heteroatoms. The first kappa shape index (κ1) is 21.8. The topological polar surface area (TPSA) is 68.2 Å². The highest BCUT2D eigenvalue weighted by atomic mass is 19.1. The Kier molecular flexibility index (Phi) is 6.77. The highest BCUT2D eigenvalue weighted by Crippen LogP contribution is 2.44. The number of carbonyl (C=O) groups is 1. The van der Waals surface area contributed by atoms with Crippen molar-refractivity contribution in [1.29, 1.82) is 0 Å². The van der Waals surface area contributed by atoms with Gasteiger partial charge in [0.05, 0.1) is 27.4 Å². The summed E-state index contributed by atoms with van der Waals surface area (Å²) in [5.41, 5.74) is 0.670. The molecule has 0 radical (unpaired) electrons. The van der Waals surface area contributed by atoms with Gasteiger partial charge in [-0.05, 0) is 31.5 Å². The van der Waals surface area contributed by atoms with Crippen LogP contribution in [0.2, 0.25) is 0 Å². The van der Waals surface area contributed by atoms with Gasteiger partial charge in [0.15, 0.2) is 11.5 Å². The summed E-state index contributed by atoms with van der Waals surface area (Å²) in [5.74, 6) is -1.25. The van der Waals surface area contributed by atoms with E-state index in [0.717, 1.165) is 18.9 Å². The molecule has 1 saturated heterocycles. The Morgan fingerprint density at radius 1 is 1.00 bits per heavy atom. The smallest absolute Gasteiger partial charge is 0.320 e. The minimum absolute atomic E-state index is 0.162. The van der Waals surface area contributed by atoms with E-state index in [1.807, 2.05) is 0 Å². The van der Waals surface area contributed by atoms with Gasteiger partial charge >= 0.3 is 5.97 Å². The number of benzene rings is 2. The Morgan fingerprint density at radius 3 is 2.27 bits per heavy atom. The van der Waals surface area contributed by atoms with Crippen molar-refractivity contribution in [3.8, 4) is 17.2 Å². The third-order valence-electron chi connectivity index (χ3n) is 5.45. The van der Waals surface area contributed by atoms with E-state index in [1.165, 1.54) is 33.5 Å². The van der Waals surface area contributed by atoms with Gasteiger partial charge in [-0.1, -0.05) is 12.5 Å². The molecule has 0 spiro atoms. The quantitative estimate of drug-likeness (QED) is 0.728. The fourth-order valence-corrected chi connectivity index (χ4v) is 4.04. The lowest BCUT2D eigenvalue weighted by atomic mass is 9.90. The van der Waals surface area contributed by atoms with Crippen molar-refractivity contribution in [2.45, 2.75) is 31.3 Å². The molecular weight excluding hydrogens is 396 g/mol. The number of nitrogens with zero attached hydrogens (tertiary/aromatic N) is 1. The summed E-state index contributed by atoms with van der Waals surface area (Å²) in [6.45, 7) is 0.440. The molecule has 30 heavy (non-hydrogen) atoms. The van der Waals surface area contributed by atoms with Crippen molar-refractivity contribution in [1.82, 2.24) is 4.90 Å². The van der Waals surface area contributed by atoms with Crippen LogP contribution in [0.5, 0.6) is 17.2 Å². The number of halogens is 2. The Morgan fingerprint density at radius 2 is 1.67 bits per heavy atom. The molecule has 2 aromatic rings. The summed E-state index contributed by atoms with van der Waals surface area (Å²) in [5, 5.41) is 9.80. The molecule has 6 nitrogen and oxygen atoms in total. The van der Waals surface area contributed by atoms with Gasteiger partial charge < -0.3 is 19.3 Å². The van der Waals surface area contributed by atoms with E-state index in [4.69, 9.17) is 14.2 Å². The van der Waals surface area contributed by atoms with Crippen LogP contribution >= 0.6 is 0 Å². The molecule has 0 amide bonds. The molecule has 1 aliphatic heterocycles. The van der Waals surface area contributed by atoms with Crippen molar-refractivity contribution >= 4 is 5.97 Å². The van der Waals surface area contributed by atoms with E-state index in [0.29, 0.717) is 35.8 Å². The predicted molar refractivity (Wildman–Crippen MR) is 106 cm³/mol. The number of carboxylic acid groups (broad SMARTS) is 1. The summed E-state index contributed by atoms with van der Waals surface area (Å²) in [6, 6.07) is 4.95. The van der Waals surface area contributed by atoms with Crippen molar-refractivity contribution in [3.05, 3.63) is 53.1 Å². The molecule has 2 atom stereocenters. The van der Waals surface area contributed by atoms with Crippen LogP contribution in [-0.4, -0.2) is 49.9 Å². The molecule has 1 N–H and O–H groups in total. The summed E-state index contributed by atoms with van der Waals surface area (Å²) < 4.78 is 44.8. The van der Waals surface area contributed by atoms with E-state index in [1.54, 1.807) is 17.0 Å². The highest BCUT2D eigenvalue weighted by molar-refractivity contribution is 5.74. The van der Waals surface area contributed by atoms with Crippen molar-refractivity contribution in [3.63, 3.8) is 0 Å². The Labute approximate surface area is 174 Å². The summed E-state index contributed by atoms with van der Waals surface area (Å²) in [4.78, 5) is 13.7. The predicted octanol–water partition coefficient (Wildman–Crippen LogP) is 4.02. The maximum absolute atomic E-state index is 14.9. The van der Waals surface area contributed by atoms with Crippen LogP contribution in [0.25, 0.3) is 0 Å². The van der Waals surface area contributed by atoms with Crippen molar-refractivity contribution < 1.29 is 32.9 Å². The van der Waals surface area contributed by atoms with E-state index in [9.17, 15) is 18.7 Å². The van der Waals surface area contributed by atoms with Gasteiger partial charge in [-0.25, -0.2) is 8.78 Å². The number of methoxy groups -OCH3 is 3. The van der Waals surface area contributed by atoms with E-state index >= 15 is 0 Å². The van der Waals surface area contributed by atoms with Gasteiger partial charge in [-0.3, -0.25) is 9.69 Å². The fraction of sp³-hybridized carbons (Fsp3) is 0.409. The van der Waals surface area contributed by atoms with Crippen LogP contribution in [0, 0.1) is 11.6 Å². The number of aliphatic carboxylic acids is 1. The lowest BCUT2D eigenvalue weighted by molar-refractivity contribution is -0.145. The molecule has 0 bridgehead atoms. The molecule has 1 fully saturated rings. The Hall–Kier alpha value is -2.87. The summed E-state index contributed by atoms with van der Waals surface area (Å²) >= 11 is 0. The second kappa shape index (κ2) is 9.30. The maximum Gasteiger partial charge on any atom is 0.320 e. The van der Waals surface area contributed by atoms with Crippen LogP contribution in [0.15, 0.2) is 30.3 Å². The third-order valence-corrected chi connectivity index (χ3v) is 5.45. The molecule has 0 aromatic heterocycles. The molecule has 2 aromatic carbocycles. The number of carboxylic acids is 1. The van der Waals surface area contributed by atoms with E-state index in [-0.39, 0.29) is 5.56 Å². The third kappa shape index (κ3) is 4.18. The fourth-order valence-electron chi connectivity index (χ4n) is 4.04. The maximum atomic E-state index is 14.9. The van der Waals surface area contributed by atoms with Gasteiger partial charge in [0, 0.05) is 23.3 Å². The largest absolute Gasteiger partial charge is 0.496 e. The first-order valence-corrected chi connectivity index (χ1v) is 9.64. The molecule has 1 aliphatic rings. The number of likely N-dealkylation sites (tertiary alicyclic amines) is 1. The van der Waals surface area contributed by atoms with Crippen LogP contribution < -0.4 is 14.2 Å². The zero-order valence-electron chi connectivity index (χ0n) is 17.2. The van der Waals surface area contributed by atoms with Crippen LogP contribution in [0.1, 0.15) is 36.4 Å². The Balaban J connectivity index is 2.25. The molecule has 0 saturated carbocycles. The first-order chi connectivity index (χ1) is 14.4. The zero-order valence-corrected chi connectivity index (χ0v) is 17.2. The second-order valence-corrected chi connectivity index (χ2v) is 7.11. The van der Waals surface area contributed by atoms with Gasteiger partial charge in [-0.15, -0.1) is 0 Å². The SMILES string of the molecule is COc1cc(OC)c(C(c2ccc(F)cc2F)N2CCCCC2C(=O)O)cc1OC. The van der Waals surface area contributed by atoms with Crippen molar-refractivity contribution in [2.24, 2.45) is 0 Å². The monoisotopic (exact) mass is 421 g/mol. The van der Waals surface area contributed by atoms with E-state index < -0.39 is 29.7 Å². The summed E-state index contributed by atoms with van der Waals surface area (Å²) in [6.07, 6.45) is 1.96. The van der Waals surface area contributed by atoms with Crippen LogP contribution in [0.4, 0.5) is 8.78 Å². The zero-order chi connectivity index (χ0) is 21.8. The van der Waals surface area contributed by atoms with E-state index in [2.05, 4.69) is 0 Å². The molecule has 0 aliphatic carbocycles. The van der Waals surface area contributed by atoms with Crippen molar-refractivity contribution in [2.75, 3.05) is 27.9 Å². The molecule has 2 unspecified atom stereocenters.